The molecule has 0 aliphatic carbocycles. The summed E-state index contributed by atoms with van der Waals surface area (Å²) in [6.07, 6.45) is 0.621. The van der Waals surface area contributed by atoms with Crippen molar-refractivity contribution in [3.8, 4) is 0 Å². The Bertz CT molecular complexity index is 1030. The second kappa shape index (κ2) is 7.07. The quantitative estimate of drug-likeness (QED) is 0.566. The number of aromatic amines is 1. The van der Waals surface area contributed by atoms with Crippen LogP contribution in [0.15, 0.2) is 59.1 Å². The van der Waals surface area contributed by atoms with Crippen molar-refractivity contribution >= 4 is 16.9 Å². The molecule has 1 amide bonds. The van der Waals surface area contributed by atoms with Crippen LogP contribution in [-0.4, -0.2) is 21.0 Å². The number of carbonyl (C=O) groups excluding carboxylic acids is 1. The molecule has 0 bridgehead atoms. The Hall–Kier alpha value is -3.41. The van der Waals surface area contributed by atoms with Crippen molar-refractivity contribution in [2.45, 2.75) is 26.3 Å². The van der Waals surface area contributed by atoms with Gasteiger partial charge in [0.15, 0.2) is 0 Å². The molecule has 4 aromatic rings. The summed E-state index contributed by atoms with van der Waals surface area (Å²) in [5.41, 5.74) is 3.98. The smallest absolute Gasteiger partial charge is 0.257 e. The van der Waals surface area contributed by atoms with E-state index in [0.717, 1.165) is 22.4 Å². The summed E-state index contributed by atoms with van der Waals surface area (Å²) in [7, 11) is 0. The fourth-order valence-corrected chi connectivity index (χ4v) is 3.24. The van der Waals surface area contributed by atoms with Gasteiger partial charge in [-0.2, -0.15) is 0 Å². The minimum atomic E-state index is -0.305. The first-order valence-electron chi connectivity index (χ1n) is 8.84. The summed E-state index contributed by atoms with van der Waals surface area (Å²) in [4.78, 5) is 20.9. The Morgan fingerprint density at radius 3 is 2.56 bits per heavy atom. The zero-order chi connectivity index (χ0) is 18.8. The molecule has 0 unspecified atom stereocenters. The molecule has 2 aromatic heterocycles. The largest absolute Gasteiger partial charge is 0.361 e. The lowest BCUT2D eigenvalue weighted by Crippen LogP contribution is -2.31. The first kappa shape index (κ1) is 17.0. The van der Waals surface area contributed by atoms with Gasteiger partial charge in [-0.1, -0.05) is 47.6 Å². The lowest BCUT2D eigenvalue weighted by Gasteiger charge is -2.17. The molecule has 0 saturated heterocycles. The van der Waals surface area contributed by atoms with Gasteiger partial charge in [0.1, 0.15) is 17.1 Å². The first-order valence-corrected chi connectivity index (χ1v) is 8.84. The van der Waals surface area contributed by atoms with E-state index in [1.165, 1.54) is 0 Å². The number of carbonyl (C=O) groups is 1. The molecule has 6 heteroatoms. The minimum Gasteiger partial charge on any atom is -0.361 e. The number of benzene rings is 2. The number of fused-ring (bicyclic) bond motifs is 1. The summed E-state index contributed by atoms with van der Waals surface area (Å²) in [6, 6.07) is 17.5. The van der Waals surface area contributed by atoms with Gasteiger partial charge < -0.3 is 14.8 Å². The number of hydrogen-bond donors (Lipinski definition) is 2. The number of aryl methyl sites for hydroxylation is 2. The predicted octanol–water partition coefficient (Wildman–Crippen LogP) is 3.88. The molecular weight excluding hydrogens is 340 g/mol. The zero-order valence-electron chi connectivity index (χ0n) is 15.2. The molecule has 6 nitrogen and oxygen atoms in total. The fourth-order valence-electron chi connectivity index (χ4n) is 3.24. The number of para-hydroxylation sites is 2. The molecule has 4 rings (SSSR count). The number of aromatic nitrogens is 3. The molecule has 2 heterocycles. The van der Waals surface area contributed by atoms with Gasteiger partial charge in [-0.15, -0.1) is 0 Å². The molecule has 0 fully saturated rings. The molecule has 1 atom stereocenters. The topological polar surface area (TPSA) is 83.8 Å². The molecule has 0 radical (unpaired) electrons. The van der Waals surface area contributed by atoms with Gasteiger partial charge in [0.25, 0.3) is 5.91 Å². The highest BCUT2D eigenvalue weighted by Crippen LogP contribution is 2.21. The van der Waals surface area contributed by atoms with E-state index in [9.17, 15) is 4.79 Å². The van der Waals surface area contributed by atoms with Crippen LogP contribution >= 0.6 is 0 Å². The molecule has 2 aromatic carbocycles. The van der Waals surface area contributed by atoms with Crippen molar-refractivity contribution in [3.05, 3.63) is 83.0 Å². The summed E-state index contributed by atoms with van der Waals surface area (Å²) in [6.45, 7) is 3.50. The fraction of sp³-hybridized carbons (Fsp3) is 0.190. The van der Waals surface area contributed by atoms with Crippen LogP contribution in [0.25, 0.3) is 11.0 Å². The van der Waals surface area contributed by atoms with Crippen molar-refractivity contribution < 1.29 is 9.32 Å². The molecule has 0 aliphatic rings. The molecule has 0 aliphatic heterocycles. The van der Waals surface area contributed by atoms with Gasteiger partial charge >= 0.3 is 0 Å². The van der Waals surface area contributed by atoms with Gasteiger partial charge in [0, 0.05) is 0 Å². The van der Waals surface area contributed by atoms with E-state index in [4.69, 9.17) is 4.52 Å². The second-order valence-corrected chi connectivity index (χ2v) is 6.55. The minimum absolute atomic E-state index is 0.215. The van der Waals surface area contributed by atoms with Crippen LogP contribution in [0.3, 0.4) is 0 Å². The number of nitrogens with one attached hydrogen (secondary N) is 2. The summed E-state index contributed by atoms with van der Waals surface area (Å²) < 4.78 is 5.14. The Kier molecular flexibility index (Phi) is 4.46. The number of H-pyrrole nitrogens is 1. The SMILES string of the molecule is Cc1noc(C)c1C(=O)N[C@@H](Cc1ccccc1)c1nc2ccccc2[nH]1. The van der Waals surface area contributed by atoms with Crippen molar-refractivity contribution in [3.63, 3.8) is 0 Å². The van der Waals surface area contributed by atoms with E-state index in [0.29, 0.717) is 23.4 Å². The molecule has 2 N–H and O–H groups in total. The Balaban J connectivity index is 1.68. The average Bonchev–Trinajstić information content (AvgIpc) is 3.25. The van der Waals surface area contributed by atoms with Crippen LogP contribution in [0.4, 0.5) is 0 Å². The van der Waals surface area contributed by atoms with Gasteiger partial charge in [-0.25, -0.2) is 4.98 Å². The summed E-state index contributed by atoms with van der Waals surface area (Å²) >= 11 is 0. The maximum atomic E-state index is 12.9. The van der Waals surface area contributed by atoms with Crippen LogP contribution in [0.1, 0.15) is 39.2 Å². The molecule has 0 spiro atoms. The van der Waals surface area contributed by atoms with E-state index in [2.05, 4.69) is 20.4 Å². The highest BCUT2D eigenvalue weighted by atomic mass is 16.5. The Labute approximate surface area is 156 Å². The van der Waals surface area contributed by atoms with Crippen molar-refractivity contribution in [1.82, 2.24) is 20.4 Å². The van der Waals surface area contributed by atoms with E-state index in [-0.39, 0.29) is 11.9 Å². The van der Waals surface area contributed by atoms with Crippen LogP contribution in [0.2, 0.25) is 0 Å². The number of imidazole rings is 1. The van der Waals surface area contributed by atoms with Crippen molar-refractivity contribution in [2.75, 3.05) is 0 Å². The molecule has 136 valence electrons. The third kappa shape index (κ3) is 3.46. The third-order valence-corrected chi connectivity index (χ3v) is 4.59. The molecule has 27 heavy (non-hydrogen) atoms. The van der Waals surface area contributed by atoms with Crippen LogP contribution in [0.5, 0.6) is 0 Å². The van der Waals surface area contributed by atoms with Crippen LogP contribution in [-0.2, 0) is 6.42 Å². The van der Waals surface area contributed by atoms with Crippen molar-refractivity contribution in [1.29, 1.82) is 0 Å². The summed E-state index contributed by atoms with van der Waals surface area (Å²) in [5, 5.41) is 6.97. The van der Waals surface area contributed by atoms with Gasteiger partial charge in [-0.05, 0) is 38.0 Å². The van der Waals surface area contributed by atoms with Crippen LogP contribution < -0.4 is 5.32 Å². The Morgan fingerprint density at radius 2 is 1.85 bits per heavy atom. The van der Waals surface area contributed by atoms with Gasteiger partial charge in [0.2, 0.25) is 0 Å². The number of hydrogen-bond acceptors (Lipinski definition) is 4. The van der Waals surface area contributed by atoms with Crippen LogP contribution in [0, 0.1) is 13.8 Å². The maximum absolute atomic E-state index is 12.9. The van der Waals surface area contributed by atoms with E-state index in [1.807, 2.05) is 54.6 Å². The maximum Gasteiger partial charge on any atom is 0.257 e. The van der Waals surface area contributed by atoms with E-state index >= 15 is 0 Å². The number of rotatable bonds is 5. The van der Waals surface area contributed by atoms with E-state index in [1.54, 1.807) is 13.8 Å². The number of amides is 1. The van der Waals surface area contributed by atoms with Gasteiger partial charge in [-0.3, -0.25) is 4.79 Å². The molecule has 0 saturated carbocycles. The van der Waals surface area contributed by atoms with Crippen molar-refractivity contribution in [2.24, 2.45) is 0 Å². The monoisotopic (exact) mass is 360 g/mol. The highest BCUT2D eigenvalue weighted by Gasteiger charge is 2.24. The zero-order valence-corrected chi connectivity index (χ0v) is 15.2. The lowest BCUT2D eigenvalue weighted by atomic mass is 10.0. The average molecular weight is 360 g/mol. The normalized spacial score (nSPS) is 12.2. The van der Waals surface area contributed by atoms with Gasteiger partial charge in [0.05, 0.1) is 22.8 Å². The Morgan fingerprint density at radius 1 is 1.11 bits per heavy atom. The lowest BCUT2D eigenvalue weighted by molar-refractivity contribution is 0.0933. The first-order chi connectivity index (χ1) is 13.1. The standard InChI is InChI=1S/C21H20N4O2/c1-13-19(14(2)27-25-13)21(26)24-18(12-15-8-4-3-5-9-15)20-22-16-10-6-7-11-17(16)23-20/h3-11,18H,12H2,1-2H3,(H,22,23)(H,24,26)/t18-/m0/s1. The third-order valence-electron chi connectivity index (χ3n) is 4.59. The van der Waals surface area contributed by atoms with E-state index < -0.39 is 0 Å². The molecular formula is C21H20N4O2. The highest BCUT2D eigenvalue weighted by molar-refractivity contribution is 5.96. The predicted molar refractivity (Wildman–Crippen MR) is 102 cm³/mol. The second-order valence-electron chi connectivity index (χ2n) is 6.55. The summed E-state index contributed by atoms with van der Waals surface area (Å²) in [5.74, 6) is 1.01. The number of nitrogens with zero attached hydrogens (tertiary/aromatic N) is 2.